The zero-order chi connectivity index (χ0) is 30.1. The van der Waals surface area contributed by atoms with Crippen LogP contribution in [0, 0.1) is 0 Å². The second-order valence-corrected chi connectivity index (χ2v) is 10.3. The maximum Gasteiger partial charge on any atom is 0.351 e. The summed E-state index contributed by atoms with van der Waals surface area (Å²) in [6.45, 7) is 2.68. The van der Waals surface area contributed by atoms with E-state index in [2.05, 4.69) is 9.97 Å². The van der Waals surface area contributed by atoms with Gasteiger partial charge in [-0.2, -0.15) is 4.98 Å². The van der Waals surface area contributed by atoms with Gasteiger partial charge in [0.25, 0.3) is 0 Å². The van der Waals surface area contributed by atoms with E-state index in [9.17, 15) is 14.4 Å². The molecule has 42 heavy (non-hydrogen) atoms. The SMILES string of the molecule is CC(=O)Oc1ccc(C(c2ccc(OC(C)=O)cc2)c2ccccn2)cc1.Nc1ccn([C@H]2CS[C@@H](CO)O2)c(=O)n1. The average molecular weight is 591 g/mol. The van der Waals surface area contributed by atoms with Gasteiger partial charge >= 0.3 is 17.6 Å². The van der Waals surface area contributed by atoms with Gasteiger partial charge in [-0.1, -0.05) is 30.3 Å². The van der Waals surface area contributed by atoms with E-state index in [0.29, 0.717) is 17.3 Å². The summed E-state index contributed by atoms with van der Waals surface area (Å²) >= 11 is 1.47. The Morgan fingerprint density at radius 1 is 1.00 bits per heavy atom. The second kappa shape index (κ2) is 14.4. The molecule has 2 aromatic heterocycles. The Hall–Kier alpha value is -4.52. The molecule has 0 radical (unpaired) electrons. The Balaban J connectivity index is 0.000000227. The summed E-state index contributed by atoms with van der Waals surface area (Å²) in [4.78, 5) is 41.8. The molecule has 1 fully saturated rings. The number of pyridine rings is 1. The van der Waals surface area contributed by atoms with E-state index in [1.807, 2.05) is 42.5 Å². The lowest BCUT2D eigenvalue weighted by molar-refractivity contribution is -0.132. The predicted molar refractivity (Wildman–Crippen MR) is 157 cm³/mol. The molecule has 2 aromatic carbocycles. The minimum absolute atomic E-state index is 0.0572. The number of aromatic nitrogens is 3. The van der Waals surface area contributed by atoms with Crippen molar-refractivity contribution >= 4 is 29.5 Å². The maximum atomic E-state index is 11.4. The Kier molecular flexibility index (Phi) is 10.4. The first-order valence-electron chi connectivity index (χ1n) is 12.9. The van der Waals surface area contributed by atoms with Crippen molar-refractivity contribution in [3.8, 4) is 11.5 Å². The standard InChI is InChI=1S/C22H19NO4.C8H11N3O3S/c1-15(24)26-19-10-6-17(7-11-19)22(21-5-3-4-14-23-21)18-8-12-20(13-9-18)27-16(2)25;9-5-1-2-11(8(13)10-5)6-4-15-7(3-12)14-6/h3-14,22H,1-2H3;1-2,6-7,12H,3-4H2,(H2,9,10,13)/t;6-,7+/m.1/s1. The van der Waals surface area contributed by atoms with Crippen LogP contribution in [-0.2, 0) is 14.3 Å². The van der Waals surface area contributed by atoms with Crippen LogP contribution in [0.3, 0.4) is 0 Å². The lowest BCUT2D eigenvalue weighted by atomic mass is 9.88. The fraction of sp³-hybridized carbons (Fsp3) is 0.233. The molecule has 1 aliphatic rings. The van der Waals surface area contributed by atoms with Crippen LogP contribution >= 0.6 is 11.8 Å². The Bertz CT molecular complexity index is 1490. The molecule has 1 aliphatic heterocycles. The Labute approximate surface area is 246 Å². The molecule has 0 aliphatic carbocycles. The van der Waals surface area contributed by atoms with Crippen molar-refractivity contribution in [3.63, 3.8) is 0 Å². The quantitative estimate of drug-likeness (QED) is 0.240. The number of nitrogens with two attached hydrogens (primary N) is 1. The van der Waals surface area contributed by atoms with Crippen molar-refractivity contribution in [2.24, 2.45) is 0 Å². The van der Waals surface area contributed by atoms with Gasteiger partial charge in [0.05, 0.1) is 18.2 Å². The zero-order valence-corrected chi connectivity index (χ0v) is 23.8. The first kappa shape index (κ1) is 30.4. The summed E-state index contributed by atoms with van der Waals surface area (Å²) in [6.07, 6.45) is 2.94. The summed E-state index contributed by atoms with van der Waals surface area (Å²) in [6, 6.07) is 22.0. The number of nitrogens with zero attached hydrogens (tertiary/aromatic N) is 3. The number of benzene rings is 2. The van der Waals surface area contributed by atoms with Gasteiger partial charge in [0, 0.05) is 32.0 Å². The van der Waals surface area contributed by atoms with Crippen LogP contribution in [0.2, 0.25) is 0 Å². The Morgan fingerprint density at radius 3 is 2.05 bits per heavy atom. The maximum absolute atomic E-state index is 11.4. The highest BCUT2D eigenvalue weighted by atomic mass is 32.2. The number of hydrogen-bond donors (Lipinski definition) is 2. The van der Waals surface area contributed by atoms with Crippen molar-refractivity contribution in [3.05, 3.63) is 112 Å². The highest BCUT2D eigenvalue weighted by Gasteiger charge is 2.27. The highest BCUT2D eigenvalue weighted by Crippen LogP contribution is 2.33. The molecule has 2 atom stereocenters. The number of carbonyl (C=O) groups is 2. The lowest BCUT2D eigenvalue weighted by Gasteiger charge is -2.18. The number of aliphatic hydroxyl groups excluding tert-OH is 1. The fourth-order valence-corrected chi connectivity index (χ4v) is 5.13. The van der Waals surface area contributed by atoms with Crippen molar-refractivity contribution in [2.45, 2.75) is 31.4 Å². The van der Waals surface area contributed by atoms with Gasteiger partial charge in [0.1, 0.15) is 29.0 Å². The van der Waals surface area contributed by atoms with Crippen LogP contribution in [0.1, 0.15) is 42.8 Å². The van der Waals surface area contributed by atoms with E-state index < -0.39 is 5.69 Å². The smallest absolute Gasteiger partial charge is 0.351 e. The first-order valence-corrected chi connectivity index (χ1v) is 14.0. The number of anilines is 1. The minimum Gasteiger partial charge on any atom is -0.427 e. The van der Waals surface area contributed by atoms with Crippen LogP contribution in [0.5, 0.6) is 11.5 Å². The number of thioether (sulfide) groups is 1. The molecule has 5 rings (SSSR count). The van der Waals surface area contributed by atoms with Crippen molar-refractivity contribution in [1.82, 2.24) is 14.5 Å². The normalized spacial score (nSPS) is 15.9. The molecule has 11 nitrogen and oxygen atoms in total. The number of ether oxygens (including phenoxy) is 3. The summed E-state index contributed by atoms with van der Waals surface area (Å²) in [5.74, 6) is 0.990. The van der Waals surface area contributed by atoms with E-state index in [0.717, 1.165) is 16.8 Å². The monoisotopic (exact) mass is 590 g/mol. The molecular formula is C30H30N4O7S. The van der Waals surface area contributed by atoms with Crippen molar-refractivity contribution < 1.29 is 28.9 Å². The summed E-state index contributed by atoms with van der Waals surface area (Å²) in [5.41, 5.74) is 7.57. The molecule has 4 aromatic rings. The number of nitrogen functional groups attached to an aromatic ring is 1. The van der Waals surface area contributed by atoms with E-state index >= 15 is 0 Å². The molecule has 1 saturated heterocycles. The number of aliphatic hydroxyl groups is 1. The van der Waals surface area contributed by atoms with Gasteiger partial charge in [-0.15, -0.1) is 11.8 Å². The third-order valence-electron chi connectivity index (χ3n) is 5.98. The summed E-state index contributed by atoms with van der Waals surface area (Å²) in [7, 11) is 0. The van der Waals surface area contributed by atoms with Crippen molar-refractivity contribution in [1.29, 1.82) is 0 Å². The number of carbonyl (C=O) groups excluding carboxylic acids is 2. The van der Waals surface area contributed by atoms with Crippen LogP contribution in [0.25, 0.3) is 0 Å². The zero-order valence-electron chi connectivity index (χ0n) is 23.0. The van der Waals surface area contributed by atoms with Crippen LogP contribution < -0.4 is 20.9 Å². The average Bonchev–Trinajstić information content (AvgIpc) is 3.45. The number of rotatable bonds is 7. The molecule has 12 heteroatoms. The predicted octanol–water partition coefficient (Wildman–Crippen LogP) is 3.52. The fourth-order valence-electron chi connectivity index (χ4n) is 4.20. The summed E-state index contributed by atoms with van der Waals surface area (Å²) in [5, 5.41) is 8.88. The van der Waals surface area contributed by atoms with E-state index in [1.54, 1.807) is 42.7 Å². The third kappa shape index (κ3) is 8.26. The first-order chi connectivity index (χ1) is 20.2. The van der Waals surface area contributed by atoms with Gasteiger partial charge in [0.15, 0.2) is 0 Å². The molecule has 0 unspecified atom stereocenters. The van der Waals surface area contributed by atoms with Gasteiger partial charge in [-0.3, -0.25) is 19.1 Å². The minimum atomic E-state index is -0.431. The number of esters is 2. The summed E-state index contributed by atoms with van der Waals surface area (Å²) < 4.78 is 17.0. The molecule has 3 N–H and O–H groups in total. The lowest BCUT2D eigenvalue weighted by Crippen LogP contribution is -2.28. The Morgan fingerprint density at radius 2 is 1.60 bits per heavy atom. The molecular weight excluding hydrogens is 560 g/mol. The van der Waals surface area contributed by atoms with Crippen LogP contribution in [0.4, 0.5) is 5.82 Å². The van der Waals surface area contributed by atoms with Crippen LogP contribution in [-0.4, -0.2) is 49.4 Å². The number of hydrogen-bond acceptors (Lipinski definition) is 11. The molecule has 0 bridgehead atoms. The van der Waals surface area contributed by atoms with E-state index in [-0.39, 0.29) is 41.9 Å². The van der Waals surface area contributed by atoms with E-state index in [4.69, 9.17) is 25.1 Å². The van der Waals surface area contributed by atoms with Gasteiger partial charge in [-0.25, -0.2) is 4.79 Å². The largest absolute Gasteiger partial charge is 0.427 e. The van der Waals surface area contributed by atoms with Gasteiger partial charge in [-0.05, 0) is 53.6 Å². The second-order valence-electron chi connectivity index (χ2n) is 9.09. The molecule has 0 amide bonds. The van der Waals surface area contributed by atoms with Gasteiger partial charge < -0.3 is 25.1 Å². The van der Waals surface area contributed by atoms with E-state index in [1.165, 1.54) is 30.2 Å². The van der Waals surface area contributed by atoms with Gasteiger partial charge in [0.2, 0.25) is 0 Å². The topological polar surface area (TPSA) is 156 Å². The van der Waals surface area contributed by atoms with Crippen molar-refractivity contribution in [2.75, 3.05) is 18.1 Å². The van der Waals surface area contributed by atoms with Crippen LogP contribution in [0.15, 0.2) is 90.0 Å². The molecule has 3 heterocycles. The molecule has 0 saturated carbocycles. The molecule has 218 valence electrons. The third-order valence-corrected chi connectivity index (χ3v) is 7.09. The molecule has 0 spiro atoms. The highest BCUT2D eigenvalue weighted by molar-refractivity contribution is 8.00.